The molecule has 1 heterocycles. The van der Waals surface area contributed by atoms with E-state index in [1.807, 2.05) is 6.92 Å². The summed E-state index contributed by atoms with van der Waals surface area (Å²) in [6, 6.07) is 4.91. The molecule has 0 amide bonds. The maximum absolute atomic E-state index is 12.3. The van der Waals surface area contributed by atoms with Crippen LogP contribution in [0.3, 0.4) is 0 Å². The highest BCUT2D eigenvalue weighted by molar-refractivity contribution is 7.92. The summed E-state index contributed by atoms with van der Waals surface area (Å²) in [5.74, 6) is 5.42. The molecule has 0 fully saturated rings. The molecule has 2 rings (SSSR count). The molecule has 2 aromatic rings. The first-order valence-corrected chi connectivity index (χ1v) is 7.23. The van der Waals surface area contributed by atoms with Gasteiger partial charge in [-0.1, -0.05) is 23.1 Å². The van der Waals surface area contributed by atoms with Gasteiger partial charge >= 0.3 is 0 Å². The molecule has 0 aliphatic rings. The van der Waals surface area contributed by atoms with Crippen molar-refractivity contribution < 1.29 is 12.9 Å². The van der Waals surface area contributed by atoms with Gasteiger partial charge in [0.15, 0.2) is 0 Å². The highest BCUT2D eigenvalue weighted by Crippen LogP contribution is 2.20. The van der Waals surface area contributed by atoms with E-state index in [1.54, 1.807) is 12.1 Å². The Hall–Kier alpha value is -2.30. The Labute approximate surface area is 117 Å². The first-order chi connectivity index (χ1) is 9.53. The average molecular weight is 291 g/mol. The average Bonchev–Trinajstić information content (AvgIpc) is 2.88. The van der Waals surface area contributed by atoms with Crippen molar-refractivity contribution in [3.05, 3.63) is 41.8 Å². The summed E-state index contributed by atoms with van der Waals surface area (Å²) >= 11 is 0. The highest BCUT2D eigenvalue weighted by atomic mass is 32.2. The van der Waals surface area contributed by atoms with E-state index < -0.39 is 10.0 Å². The van der Waals surface area contributed by atoms with E-state index in [4.69, 9.17) is 5.73 Å². The zero-order valence-corrected chi connectivity index (χ0v) is 11.6. The fourth-order valence-corrected chi connectivity index (χ4v) is 2.76. The lowest BCUT2D eigenvalue weighted by Gasteiger charge is -2.08. The van der Waals surface area contributed by atoms with Gasteiger partial charge in [0.1, 0.15) is 16.8 Å². The summed E-state index contributed by atoms with van der Waals surface area (Å²) < 4.78 is 31.6. The van der Waals surface area contributed by atoms with Crippen molar-refractivity contribution in [1.82, 2.24) is 5.16 Å². The number of nitrogens with one attached hydrogen (secondary N) is 1. The number of anilines is 1. The summed E-state index contributed by atoms with van der Waals surface area (Å²) in [4.78, 5) is 0.0882. The van der Waals surface area contributed by atoms with Crippen LogP contribution in [0.15, 0.2) is 40.1 Å². The molecule has 0 atom stereocenters. The quantitative estimate of drug-likeness (QED) is 0.825. The van der Waals surface area contributed by atoms with Crippen molar-refractivity contribution in [2.45, 2.75) is 11.8 Å². The second kappa shape index (κ2) is 5.77. The van der Waals surface area contributed by atoms with E-state index in [1.165, 1.54) is 18.5 Å². The molecule has 0 radical (unpaired) electrons. The van der Waals surface area contributed by atoms with E-state index in [0.29, 0.717) is 5.56 Å². The fourth-order valence-electron chi connectivity index (χ4n) is 1.59. The largest absolute Gasteiger partial charge is 0.362 e. The molecule has 1 aromatic heterocycles. The molecule has 0 unspecified atom stereocenters. The van der Waals surface area contributed by atoms with Gasteiger partial charge in [-0.05, 0) is 24.6 Å². The van der Waals surface area contributed by atoms with Crippen LogP contribution in [0.2, 0.25) is 0 Å². The van der Waals surface area contributed by atoms with Crippen molar-refractivity contribution >= 4 is 15.7 Å². The summed E-state index contributed by atoms with van der Waals surface area (Å²) in [6.07, 6.45) is 2.48. The van der Waals surface area contributed by atoms with Crippen LogP contribution in [0.4, 0.5) is 5.69 Å². The van der Waals surface area contributed by atoms with Crippen LogP contribution in [-0.2, 0) is 10.0 Å². The smallest absolute Gasteiger partial charge is 0.263 e. The second-order valence-corrected chi connectivity index (χ2v) is 5.67. The molecule has 104 valence electrons. The summed E-state index contributed by atoms with van der Waals surface area (Å²) in [5.41, 5.74) is 6.89. The van der Waals surface area contributed by atoms with Gasteiger partial charge < -0.3 is 10.3 Å². The van der Waals surface area contributed by atoms with Crippen molar-refractivity contribution in [3.63, 3.8) is 0 Å². The number of sulfonamides is 1. The molecule has 1 aromatic carbocycles. The van der Waals surface area contributed by atoms with Crippen molar-refractivity contribution in [3.8, 4) is 11.8 Å². The van der Waals surface area contributed by atoms with Crippen LogP contribution in [0.25, 0.3) is 0 Å². The van der Waals surface area contributed by atoms with Gasteiger partial charge in [-0.15, -0.1) is 0 Å². The lowest BCUT2D eigenvalue weighted by atomic mass is 10.1. The molecule has 6 nitrogen and oxygen atoms in total. The molecule has 0 bridgehead atoms. The topological polar surface area (TPSA) is 98.2 Å². The van der Waals surface area contributed by atoms with Crippen molar-refractivity contribution in [1.29, 1.82) is 0 Å². The molecule has 0 saturated heterocycles. The standard InChI is InChI=1S/C13H13N3O3S/c1-10-4-5-13(11(7-10)3-2-6-14)20(17,18)16-12-8-15-19-9-12/h4-5,7-9,16H,6,14H2,1H3. The van der Waals surface area contributed by atoms with Crippen LogP contribution in [0.1, 0.15) is 11.1 Å². The Morgan fingerprint density at radius 1 is 1.45 bits per heavy atom. The van der Waals surface area contributed by atoms with Gasteiger partial charge in [0.25, 0.3) is 10.0 Å². The van der Waals surface area contributed by atoms with Gasteiger partial charge in [0.05, 0.1) is 12.7 Å². The molecule has 7 heteroatoms. The second-order valence-electron chi connectivity index (χ2n) is 4.02. The molecule has 0 aliphatic heterocycles. The lowest BCUT2D eigenvalue weighted by molar-refractivity contribution is 0.420. The Morgan fingerprint density at radius 3 is 2.90 bits per heavy atom. The van der Waals surface area contributed by atoms with E-state index in [-0.39, 0.29) is 17.1 Å². The number of nitrogens with two attached hydrogens (primary N) is 1. The zero-order chi connectivity index (χ0) is 14.6. The van der Waals surface area contributed by atoms with Gasteiger partial charge in [-0.2, -0.15) is 0 Å². The lowest BCUT2D eigenvalue weighted by Crippen LogP contribution is -2.14. The normalized spacial score (nSPS) is 10.7. The predicted molar refractivity (Wildman–Crippen MR) is 74.4 cm³/mol. The monoisotopic (exact) mass is 291 g/mol. The zero-order valence-electron chi connectivity index (χ0n) is 10.8. The van der Waals surface area contributed by atoms with Gasteiger partial charge in [-0.3, -0.25) is 4.72 Å². The number of hydrogen-bond acceptors (Lipinski definition) is 5. The first-order valence-electron chi connectivity index (χ1n) is 5.75. The van der Waals surface area contributed by atoms with Gasteiger partial charge in [-0.25, -0.2) is 8.42 Å². The van der Waals surface area contributed by atoms with E-state index >= 15 is 0 Å². The molecule has 3 N–H and O–H groups in total. The third kappa shape index (κ3) is 3.17. The molecular formula is C13H13N3O3S. The van der Waals surface area contributed by atoms with Crippen molar-refractivity contribution in [2.75, 3.05) is 11.3 Å². The van der Waals surface area contributed by atoms with Crippen LogP contribution in [-0.4, -0.2) is 20.1 Å². The van der Waals surface area contributed by atoms with Crippen LogP contribution in [0.5, 0.6) is 0 Å². The number of aromatic nitrogens is 1. The third-order valence-electron chi connectivity index (χ3n) is 2.43. The molecule has 0 aliphatic carbocycles. The number of nitrogens with zero attached hydrogens (tertiary/aromatic N) is 1. The Morgan fingerprint density at radius 2 is 2.25 bits per heavy atom. The first kappa shape index (κ1) is 14.1. The summed E-state index contributed by atoms with van der Waals surface area (Å²) in [5, 5.41) is 3.44. The van der Waals surface area contributed by atoms with Crippen LogP contribution >= 0.6 is 0 Å². The van der Waals surface area contributed by atoms with E-state index in [9.17, 15) is 8.42 Å². The molecule has 0 saturated carbocycles. The fraction of sp³-hybridized carbons (Fsp3) is 0.154. The minimum Gasteiger partial charge on any atom is -0.362 e. The van der Waals surface area contributed by atoms with Crippen molar-refractivity contribution in [2.24, 2.45) is 5.73 Å². The summed E-state index contributed by atoms with van der Waals surface area (Å²) in [7, 11) is -3.75. The molecular weight excluding hydrogens is 278 g/mol. The van der Waals surface area contributed by atoms with E-state index in [0.717, 1.165) is 5.56 Å². The Kier molecular flexibility index (Phi) is 4.08. The maximum Gasteiger partial charge on any atom is 0.263 e. The Bertz CT molecular complexity index is 756. The molecule has 20 heavy (non-hydrogen) atoms. The van der Waals surface area contributed by atoms with Gasteiger partial charge in [0, 0.05) is 5.56 Å². The summed E-state index contributed by atoms with van der Waals surface area (Å²) in [6.45, 7) is 2.02. The number of hydrogen-bond donors (Lipinski definition) is 2. The number of aryl methyl sites for hydroxylation is 1. The maximum atomic E-state index is 12.3. The minimum absolute atomic E-state index is 0.0882. The number of benzene rings is 1. The predicted octanol–water partition coefficient (Wildman–Crippen LogP) is 1.09. The highest BCUT2D eigenvalue weighted by Gasteiger charge is 2.18. The van der Waals surface area contributed by atoms with E-state index in [2.05, 4.69) is 26.2 Å². The van der Waals surface area contributed by atoms with Crippen LogP contribution in [0, 0.1) is 18.8 Å². The SMILES string of the molecule is Cc1ccc(S(=O)(=O)Nc2cnoc2)c(C#CCN)c1. The molecule has 0 spiro atoms. The van der Waals surface area contributed by atoms with Gasteiger partial charge in [0.2, 0.25) is 0 Å². The number of rotatable bonds is 3. The minimum atomic E-state index is -3.75. The van der Waals surface area contributed by atoms with Crippen LogP contribution < -0.4 is 10.5 Å². The third-order valence-corrected chi connectivity index (χ3v) is 3.87. The Balaban J connectivity index is 2.45.